The third-order valence-electron chi connectivity index (χ3n) is 5.84. The van der Waals surface area contributed by atoms with Crippen LogP contribution in [-0.2, 0) is 0 Å². The average molecular weight is 336 g/mol. The van der Waals surface area contributed by atoms with E-state index in [0.29, 0.717) is 23.4 Å². The van der Waals surface area contributed by atoms with Crippen LogP contribution in [0.4, 0.5) is 5.82 Å². The molecular weight excluding hydrogens is 312 g/mol. The molecule has 0 radical (unpaired) electrons. The van der Waals surface area contributed by atoms with Gasteiger partial charge in [0.2, 0.25) is 0 Å². The second kappa shape index (κ2) is 6.82. The van der Waals surface area contributed by atoms with E-state index in [4.69, 9.17) is 5.73 Å². The van der Waals surface area contributed by atoms with E-state index in [1.807, 2.05) is 4.90 Å². The minimum Gasteiger partial charge on any atom is -0.383 e. The summed E-state index contributed by atoms with van der Waals surface area (Å²) in [5.74, 6) is 1.33. The zero-order valence-electron chi connectivity index (χ0n) is 14.3. The Morgan fingerprint density at radius 3 is 2.72 bits per heavy atom. The predicted molar refractivity (Wildman–Crippen MR) is 97.0 cm³/mol. The number of fused-ring (bicyclic) bond motifs is 1. The van der Waals surface area contributed by atoms with Crippen molar-refractivity contribution in [3.63, 3.8) is 0 Å². The van der Waals surface area contributed by atoms with E-state index in [2.05, 4.69) is 40.3 Å². The second-order valence-electron chi connectivity index (χ2n) is 7.14. The van der Waals surface area contributed by atoms with Crippen LogP contribution >= 0.6 is 0 Å². The highest BCUT2D eigenvalue weighted by atomic mass is 16.2. The molecule has 0 unspecified atom stereocenters. The zero-order valence-corrected chi connectivity index (χ0v) is 14.3. The molecule has 5 heteroatoms. The summed E-state index contributed by atoms with van der Waals surface area (Å²) in [7, 11) is 0. The first kappa shape index (κ1) is 16.1. The number of rotatable bonds is 2. The quantitative estimate of drug-likeness (QED) is 0.914. The first-order valence-corrected chi connectivity index (χ1v) is 9.17. The molecule has 2 aromatic rings. The first-order chi connectivity index (χ1) is 12.3. The van der Waals surface area contributed by atoms with Crippen LogP contribution in [0.2, 0.25) is 0 Å². The number of carbonyl (C=O) groups is 1. The number of hydrogen-bond donors (Lipinski definition) is 1. The molecule has 1 amide bonds. The Morgan fingerprint density at radius 2 is 1.92 bits per heavy atom. The number of likely N-dealkylation sites (tertiary alicyclic amines) is 1. The molecule has 130 valence electrons. The van der Waals surface area contributed by atoms with E-state index in [0.717, 1.165) is 19.4 Å². The minimum absolute atomic E-state index is 0.0125. The Balaban J connectivity index is 1.62. The van der Waals surface area contributed by atoms with Crippen LogP contribution in [0.1, 0.15) is 53.9 Å². The van der Waals surface area contributed by atoms with Crippen molar-refractivity contribution in [1.82, 2.24) is 14.9 Å². The van der Waals surface area contributed by atoms with Gasteiger partial charge in [0, 0.05) is 18.8 Å². The van der Waals surface area contributed by atoms with Crippen molar-refractivity contribution in [2.45, 2.75) is 44.1 Å². The molecular formula is C20H24N4O. The summed E-state index contributed by atoms with van der Waals surface area (Å²) < 4.78 is 0. The van der Waals surface area contributed by atoms with Crippen LogP contribution in [0.25, 0.3) is 0 Å². The lowest BCUT2D eigenvalue weighted by molar-refractivity contribution is 0.0319. The number of benzene rings is 1. The van der Waals surface area contributed by atoms with Crippen LogP contribution < -0.4 is 5.73 Å². The van der Waals surface area contributed by atoms with E-state index in [1.54, 1.807) is 6.20 Å². The summed E-state index contributed by atoms with van der Waals surface area (Å²) in [5.41, 5.74) is 7.76. The SMILES string of the molecule is Nc1ncncc1C(=O)N1CC[C@H](c2ccccc2)[C@H]2CCCC[C@H]21. The van der Waals surface area contributed by atoms with Gasteiger partial charge in [-0.1, -0.05) is 43.2 Å². The highest BCUT2D eigenvalue weighted by Crippen LogP contribution is 2.44. The molecule has 1 aliphatic carbocycles. The highest BCUT2D eigenvalue weighted by molar-refractivity contribution is 5.98. The molecule has 1 aromatic carbocycles. The Hall–Kier alpha value is -2.43. The van der Waals surface area contributed by atoms with Crippen molar-refractivity contribution < 1.29 is 4.79 Å². The molecule has 5 nitrogen and oxygen atoms in total. The molecule has 1 saturated carbocycles. The minimum atomic E-state index is -0.0125. The van der Waals surface area contributed by atoms with Crippen molar-refractivity contribution in [1.29, 1.82) is 0 Å². The van der Waals surface area contributed by atoms with Gasteiger partial charge in [0.25, 0.3) is 5.91 Å². The Labute approximate surface area is 148 Å². The van der Waals surface area contributed by atoms with Gasteiger partial charge in [0.05, 0.1) is 0 Å². The number of nitrogens with zero attached hydrogens (tertiary/aromatic N) is 3. The van der Waals surface area contributed by atoms with Crippen molar-refractivity contribution in [2.24, 2.45) is 5.92 Å². The number of carbonyl (C=O) groups excluding carboxylic acids is 1. The molecule has 1 aliphatic heterocycles. The normalized spacial score (nSPS) is 26.1. The molecule has 4 rings (SSSR count). The van der Waals surface area contributed by atoms with Gasteiger partial charge in [-0.2, -0.15) is 0 Å². The number of nitrogen functional groups attached to an aromatic ring is 1. The molecule has 0 bridgehead atoms. The third kappa shape index (κ3) is 2.99. The molecule has 3 atom stereocenters. The number of amides is 1. The van der Waals surface area contributed by atoms with Gasteiger partial charge in [0.15, 0.2) is 0 Å². The maximum atomic E-state index is 13.1. The maximum absolute atomic E-state index is 13.1. The van der Waals surface area contributed by atoms with Gasteiger partial charge in [-0.05, 0) is 36.7 Å². The molecule has 25 heavy (non-hydrogen) atoms. The van der Waals surface area contributed by atoms with Crippen LogP contribution in [0.5, 0.6) is 0 Å². The highest BCUT2D eigenvalue weighted by Gasteiger charge is 2.42. The van der Waals surface area contributed by atoms with E-state index in [9.17, 15) is 4.79 Å². The summed E-state index contributed by atoms with van der Waals surface area (Å²) >= 11 is 0. The van der Waals surface area contributed by atoms with E-state index in [1.165, 1.54) is 31.2 Å². The van der Waals surface area contributed by atoms with Crippen LogP contribution in [0, 0.1) is 5.92 Å². The van der Waals surface area contributed by atoms with Gasteiger partial charge in [-0.25, -0.2) is 9.97 Å². The van der Waals surface area contributed by atoms with Crippen LogP contribution in [0.15, 0.2) is 42.9 Å². The summed E-state index contributed by atoms with van der Waals surface area (Å²) in [6.07, 6.45) is 8.64. The van der Waals surface area contributed by atoms with E-state index < -0.39 is 0 Å². The maximum Gasteiger partial charge on any atom is 0.259 e. The summed E-state index contributed by atoms with van der Waals surface area (Å²) in [6.45, 7) is 0.772. The van der Waals surface area contributed by atoms with Crippen molar-refractivity contribution in [3.8, 4) is 0 Å². The second-order valence-corrected chi connectivity index (χ2v) is 7.14. The van der Waals surface area contributed by atoms with Gasteiger partial charge in [-0.3, -0.25) is 4.79 Å². The zero-order chi connectivity index (χ0) is 17.2. The Kier molecular flexibility index (Phi) is 4.38. The summed E-state index contributed by atoms with van der Waals surface area (Å²) in [6, 6.07) is 11.1. The smallest absolute Gasteiger partial charge is 0.259 e. The predicted octanol–water partition coefficient (Wildman–Crippen LogP) is 3.25. The number of piperidine rings is 1. The Morgan fingerprint density at radius 1 is 1.12 bits per heavy atom. The molecule has 1 aromatic heterocycles. The van der Waals surface area contributed by atoms with Crippen molar-refractivity contribution in [2.75, 3.05) is 12.3 Å². The Bertz CT molecular complexity index is 748. The van der Waals surface area contributed by atoms with E-state index in [-0.39, 0.29) is 11.7 Å². The van der Waals surface area contributed by atoms with Gasteiger partial charge >= 0.3 is 0 Å². The number of aromatic nitrogens is 2. The summed E-state index contributed by atoms with van der Waals surface area (Å²) in [5, 5.41) is 0. The van der Waals surface area contributed by atoms with Crippen molar-refractivity contribution >= 4 is 11.7 Å². The fourth-order valence-electron chi connectivity index (χ4n) is 4.68. The third-order valence-corrected chi connectivity index (χ3v) is 5.84. The fraction of sp³-hybridized carbons (Fsp3) is 0.450. The largest absolute Gasteiger partial charge is 0.383 e. The lowest BCUT2D eigenvalue weighted by Gasteiger charge is -2.48. The lowest BCUT2D eigenvalue weighted by Crippen LogP contribution is -2.52. The lowest BCUT2D eigenvalue weighted by atomic mass is 9.69. The van der Waals surface area contributed by atoms with Crippen LogP contribution in [-0.4, -0.2) is 33.4 Å². The standard InChI is InChI=1S/C20H24N4O/c21-19-17(12-22-13-23-19)20(25)24-11-10-15(14-6-2-1-3-7-14)16-8-4-5-9-18(16)24/h1-3,6-7,12-13,15-16,18H,4-5,8-11H2,(H2,21,22,23)/t15-,16-,18-/m1/s1. The number of anilines is 1. The topological polar surface area (TPSA) is 72.1 Å². The molecule has 2 aliphatic rings. The van der Waals surface area contributed by atoms with Crippen LogP contribution in [0.3, 0.4) is 0 Å². The average Bonchev–Trinajstić information content (AvgIpc) is 2.68. The molecule has 1 saturated heterocycles. The summed E-state index contributed by atoms with van der Waals surface area (Å²) in [4.78, 5) is 23.1. The van der Waals surface area contributed by atoms with Crippen molar-refractivity contribution in [3.05, 3.63) is 54.0 Å². The molecule has 2 fully saturated rings. The fourth-order valence-corrected chi connectivity index (χ4v) is 4.68. The first-order valence-electron chi connectivity index (χ1n) is 9.17. The van der Waals surface area contributed by atoms with Gasteiger partial charge in [-0.15, -0.1) is 0 Å². The molecule has 0 spiro atoms. The van der Waals surface area contributed by atoms with E-state index >= 15 is 0 Å². The molecule has 2 N–H and O–H groups in total. The number of hydrogen-bond acceptors (Lipinski definition) is 4. The monoisotopic (exact) mass is 336 g/mol. The molecule has 2 heterocycles. The number of nitrogens with two attached hydrogens (primary N) is 1. The van der Waals surface area contributed by atoms with Gasteiger partial charge in [0.1, 0.15) is 17.7 Å². The van der Waals surface area contributed by atoms with Gasteiger partial charge < -0.3 is 10.6 Å².